The fourth-order valence-electron chi connectivity index (χ4n) is 3.02. The molecule has 0 saturated heterocycles. The van der Waals surface area contributed by atoms with Crippen LogP contribution in [0.3, 0.4) is 0 Å². The molecule has 0 bridgehead atoms. The highest BCUT2D eigenvalue weighted by atomic mass is 16.5. The summed E-state index contributed by atoms with van der Waals surface area (Å²) < 4.78 is 10.5. The molecule has 0 radical (unpaired) electrons. The first-order chi connectivity index (χ1) is 15.6. The number of benzene rings is 3. The number of amides is 2. The Kier molecular flexibility index (Phi) is 8.22. The van der Waals surface area contributed by atoms with E-state index in [4.69, 9.17) is 9.47 Å². The summed E-state index contributed by atoms with van der Waals surface area (Å²) in [6.45, 7) is 1.03. The van der Waals surface area contributed by atoms with Gasteiger partial charge in [0.05, 0.1) is 13.2 Å². The van der Waals surface area contributed by atoms with Crippen molar-refractivity contribution in [1.82, 2.24) is 0 Å². The maximum absolute atomic E-state index is 12.8. The van der Waals surface area contributed by atoms with Crippen LogP contribution < -0.4 is 20.3 Å². The van der Waals surface area contributed by atoms with Crippen LogP contribution in [0.2, 0.25) is 0 Å². The summed E-state index contributed by atoms with van der Waals surface area (Å²) in [7, 11) is 3.34. The first-order valence-corrected chi connectivity index (χ1v) is 10.3. The molecule has 0 aliphatic carbocycles. The van der Waals surface area contributed by atoms with E-state index >= 15 is 0 Å². The fourth-order valence-corrected chi connectivity index (χ4v) is 3.02. The summed E-state index contributed by atoms with van der Waals surface area (Å²) in [5.41, 5.74) is 2.61. The standard InChI is InChI=1S/C25H27N3O4/c1-28(22-11-4-3-5-12-22)25(30)19-8-6-10-21(16-19)27-24(29)18-26-20-9-7-13-23(17-20)32-15-14-31-2/h3-13,16-17,26H,14-15,18H2,1-2H3,(H,27,29). The van der Waals surface area contributed by atoms with Gasteiger partial charge in [0.1, 0.15) is 12.4 Å². The first-order valence-electron chi connectivity index (χ1n) is 10.3. The third kappa shape index (κ3) is 6.58. The molecule has 3 rings (SSSR count). The van der Waals surface area contributed by atoms with E-state index in [1.807, 2.05) is 54.6 Å². The molecule has 0 fully saturated rings. The van der Waals surface area contributed by atoms with Gasteiger partial charge < -0.3 is 25.0 Å². The molecule has 0 spiro atoms. The number of ether oxygens (including phenoxy) is 2. The third-order valence-corrected chi connectivity index (χ3v) is 4.68. The van der Waals surface area contributed by atoms with Crippen LogP contribution in [0.4, 0.5) is 17.1 Å². The summed E-state index contributed by atoms with van der Waals surface area (Å²) in [6.07, 6.45) is 0. The van der Waals surface area contributed by atoms with Crippen molar-refractivity contribution in [2.45, 2.75) is 0 Å². The van der Waals surface area contributed by atoms with E-state index in [9.17, 15) is 9.59 Å². The van der Waals surface area contributed by atoms with Gasteiger partial charge in [-0.1, -0.05) is 30.3 Å². The van der Waals surface area contributed by atoms with Crippen molar-refractivity contribution in [2.24, 2.45) is 0 Å². The second-order valence-corrected chi connectivity index (χ2v) is 7.05. The van der Waals surface area contributed by atoms with Crippen LogP contribution in [-0.4, -0.2) is 45.7 Å². The Morgan fingerprint density at radius 3 is 2.41 bits per heavy atom. The Balaban J connectivity index is 1.56. The number of nitrogens with one attached hydrogen (secondary N) is 2. The quantitative estimate of drug-likeness (QED) is 0.472. The van der Waals surface area contributed by atoms with Gasteiger partial charge >= 0.3 is 0 Å². The third-order valence-electron chi connectivity index (χ3n) is 4.68. The van der Waals surface area contributed by atoms with Crippen molar-refractivity contribution in [3.05, 3.63) is 84.4 Å². The number of para-hydroxylation sites is 1. The molecule has 166 valence electrons. The second-order valence-electron chi connectivity index (χ2n) is 7.05. The van der Waals surface area contributed by atoms with E-state index in [2.05, 4.69) is 10.6 Å². The first kappa shape index (κ1) is 22.8. The summed E-state index contributed by atoms with van der Waals surface area (Å²) in [5, 5.41) is 5.90. The number of methoxy groups -OCH3 is 1. The number of carbonyl (C=O) groups is 2. The van der Waals surface area contributed by atoms with Crippen LogP contribution in [0.15, 0.2) is 78.9 Å². The summed E-state index contributed by atoms with van der Waals surface area (Å²) in [6, 6.07) is 23.7. The zero-order valence-electron chi connectivity index (χ0n) is 18.2. The normalized spacial score (nSPS) is 10.3. The van der Waals surface area contributed by atoms with Gasteiger partial charge in [0.25, 0.3) is 5.91 Å². The van der Waals surface area contributed by atoms with Crippen LogP contribution in [0.1, 0.15) is 10.4 Å². The summed E-state index contributed by atoms with van der Waals surface area (Å²) in [4.78, 5) is 26.8. The second kappa shape index (κ2) is 11.5. The van der Waals surface area contributed by atoms with Crippen LogP contribution in [0.25, 0.3) is 0 Å². The van der Waals surface area contributed by atoms with E-state index in [1.54, 1.807) is 43.3 Å². The van der Waals surface area contributed by atoms with Gasteiger partial charge in [-0.05, 0) is 42.5 Å². The molecule has 0 atom stereocenters. The van der Waals surface area contributed by atoms with Crippen molar-refractivity contribution in [3.8, 4) is 5.75 Å². The van der Waals surface area contributed by atoms with Gasteiger partial charge in [-0.2, -0.15) is 0 Å². The Morgan fingerprint density at radius 1 is 0.875 bits per heavy atom. The molecule has 2 N–H and O–H groups in total. The van der Waals surface area contributed by atoms with Crippen LogP contribution in [-0.2, 0) is 9.53 Å². The molecule has 3 aromatic rings. The minimum atomic E-state index is -0.225. The average molecular weight is 434 g/mol. The van der Waals surface area contributed by atoms with Crippen LogP contribution in [0.5, 0.6) is 5.75 Å². The van der Waals surface area contributed by atoms with Crippen molar-refractivity contribution in [1.29, 1.82) is 0 Å². The molecule has 0 aliphatic rings. The van der Waals surface area contributed by atoms with E-state index in [0.717, 1.165) is 11.4 Å². The van der Waals surface area contributed by atoms with Gasteiger partial charge in [-0.15, -0.1) is 0 Å². The molecule has 3 aromatic carbocycles. The molecular formula is C25H27N3O4. The lowest BCUT2D eigenvalue weighted by molar-refractivity contribution is -0.114. The number of anilines is 3. The highest BCUT2D eigenvalue weighted by Crippen LogP contribution is 2.19. The van der Waals surface area contributed by atoms with Gasteiger partial charge in [-0.3, -0.25) is 9.59 Å². The average Bonchev–Trinajstić information content (AvgIpc) is 2.83. The topological polar surface area (TPSA) is 79.9 Å². The molecule has 0 aromatic heterocycles. The smallest absolute Gasteiger partial charge is 0.258 e. The molecule has 2 amide bonds. The SMILES string of the molecule is COCCOc1cccc(NCC(=O)Nc2cccc(C(=O)N(C)c3ccccc3)c2)c1. The Bertz CT molecular complexity index is 1040. The van der Waals surface area contributed by atoms with Crippen molar-refractivity contribution < 1.29 is 19.1 Å². The molecule has 0 heterocycles. The molecule has 0 saturated carbocycles. The van der Waals surface area contributed by atoms with E-state index in [1.165, 1.54) is 0 Å². The van der Waals surface area contributed by atoms with E-state index in [-0.39, 0.29) is 18.4 Å². The Morgan fingerprint density at radius 2 is 1.62 bits per heavy atom. The largest absolute Gasteiger partial charge is 0.491 e. The number of carbonyl (C=O) groups excluding carboxylic acids is 2. The summed E-state index contributed by atoms with van der Waals surface area (Å²) in [5.74, 6) is 0.314. The minimum Gasteiger partial charge on any atom is -0.491 e. The maximum Gasteiger partial charge on any atom is 0.258 e. The Hall–Kier alpha value is -3.84. The van der Waals surface area contributed by atoms with Crippen molar-refractivity contribution in [2.75, 3.05) is 49.4 Å². The zero-order chi connectivity index (χ0) is 22.8. The lowest BCUT2D eigenvalue weighted by Gasteiger charge is -2.17. The zero-order valence-corrected chi connectivity index (χ0v) is 18.2. The predicted octanol–water partition coefficient (Wildman–Crippen LogP) is 4.04. The Labute approximate surface area is 188 Å². The van der Waals surface area contributed by atoms with Crippen molar-refractivity contribution >= 4 is 28.9 Å². The monoisotopic (exact) mass is 433 g/mol. The van der Waals surface area contributed by atoms with Gasteiger partial charge in [0.15, 0.2) is 0 Å². The highest BCUT2D eigenvalue weighted by molar-refractivity contribution is 6.06. The number of hydrogen-bond donors (Lipinski definition) is 2. The lowest BCUT2D eigenvalue weighted by atomic mass is 10.1. The predicted molar refractivity (Wildman–Crippen MR) is 127 cm³/mol. The summed E-state index contributed by atoms with van der Waals surface area (Å²) >= 11 is 0. The molecule has 32 heavy (non-hydrogen) atoms. The van der Waals surface area contributed by atoms with Gasteiger partial charge in [0.2, 0.25) is 5.91 Å². The molecule has 7 heteroatoms. The number of nitrogens with zero attached hydrogens (tertiary/aromatic N) is 1. The maximum atomic E-state index is 12.8. The number of rotatable bonds is 10. The molecular weight excluding hydrogens is 406 g/mol. The fraction of sp³-hybridized carbons (Fsp3) is 0.200. The van der Waals surface area contributed by atoms with Crippen LogP contribution in [0, 0.1) is 0 Å². The molecule has 0 aliphatic heterocycles. The van der Waals surface area contributed by atoms with Gasteiger partial charge in [0, 0.05) is 42.8 Å². The number of hydrogen-bond acceptors (Lipinski definition) is 5. The van der Waals surface area contributed by atoms with E-state index in [0.29, 0.717) is 30.2 Å². The highest BCUT2D eigenvalue weighted by Gasteiger charge is 2.14. The molecule has 0 unspecified atom stereocenters. The minimum absolute atomic E-state index is 0.0730. The van der Waals surface area contributed by atoms with Crippen molar-refractivity contribution in [3.63, 3.8) is 0 Å². The van der Waals surface area contributed by atoms with E-state index < -0.39 is 0 Å². The van der Waals surface area contributed by atoms with Gasteiger partial charge in [-0.25, -0.2) is 0 Å². The lowest BCUT2D eigenvalue weighted by Crippen LogP contribution is -2.26. The molecule has 7 nitrogen and oxygen atoms in total. The van der Waals surface area contributed by atoms with Crippen LogP contribution >= 0.6 is 0 Å².